The zero-order valence-electron chi connectivity index (χ0n) is 12.0. The molecule has 2 aromatic rings. The van der Waals surface area contributed by atoms with E-state index in [0.29, 0.717) is 12.8 Å². The summed E-state index contributed by atoms with van der Waals surface area (Å²) in [5, 5.41) is 5.77. The van der Waals surface area contributed by atoms with Crippen LogP contribution in [0.25, 0.3) is 10.6 Å². The Balaban J connectivity index is 1.80. The van der Waals surface area contributed by atoms with Gasteiger partial charge in [0.2, 0.25) is 5.91 Å². The fourth-order valence-corrected chi connectivity index (χ4v) is 2.59. The second kappa shape index (κ2) is 7.69. The van der Waals surface area contributed by atoms with Crippen LogP contribution >= 0.6 is 11.3 Å². The Morgan fingerprint density at radius 2 is 1.86 bits per heavy atom. The molecule has 0 radical (unpaired) electrons. The summed E-state index contributed by atoms with van der Waals surface area (Å²) in [6, 6.07) is 7.66. The predicted octanol–water partition coefficient (Wildman–Crippen LogP) is 3.90. The molecule has 1 heterocycles. The third kappa shape index (κ3) is 5.11. The summed E-state index contributed by atoms with van der Waals surface area (Å²) in [5.41, 5.74) is 1.83. The van der Waals surface area contributed by atoms with Crippen LogP contribution in [0.4, 0.5) is 5.69 Å². The van der Waals surface area contributed by atoms with E-state index in [4.69, 9.17) is 0 Å². The standard InChI is InChI=1S/C16H18N2O2S/c1-12(19)4-2-3-5-15(20)18-14-8-6-13(7-9-14)16-17-10-11-21-16/h6-11H,2-5H2,1H3,(H,18,20). The molecule has 0 atom stereocenters. The lowest BCUT2D eigenvalue weighted by molar-refractivity contribution is -0.118. The first-order valence-electron chi connectivity index (χ1n) is 6.94. The van der Waals surface area contributed by atoms with E-state index >= 15 is 0 Å². The van der Waals surface area contributed by atoms with E-state index in [1.54, 1.807) is 24.5 Å². The number of ketones is 1. The van der Waals surface area contributed by atoms with Gasteiger partial charge in [-0.15, -0.1) is 11.3 Å². The van der Waals surface area contributed by atoms with E-state index in [-0.39, 0.29) is 11.7 Å². The number of rotatable bonds is 7. The third-order valence-corrected chi connectivity index (χ3v) is 3.85. The maximum absolute atomic E-state index is 11.8. The van der Waals surface area contributed by atoms with Gasteiger partial charge in [0.05, 0.1) is 0 Å². The van der Waals surface area contributed by atoms with Crippen molar-refractivity contribution in [2.45, 2.75) is 32.6 Å². The van der Waals surface area contributed by atoms with E-state index in [1.807, 2.05) is 29.6 Å². The molecular formula is C16H18N2O2S. The van der Waals surface area contributed by atoms with Crippen molar-refractivity contribution in [3.63, 3.8) is 0 Å². The topological polar surface area (TPSA) is 59.1 Å². The molecule has 0 bridgehead atoms. The smallest absolute Gasteiger partial charge is 0.224 e. The quantitative estimate of drug-likeness (QED) is 0.789. The molecule has 0 aliphatic heterocycles. The molecular weight excluding hydrogens is 284 g/mol. The average Bonchev–Trinajstić information content (AvgIpc) is 2.98. The van der Waals surface area contributed by atoms with Gasteiger partial charge in [0.25, 0.3) is 0 Å². The average molecular weight is 302 g/mol. The molecule has 1 amide bonds. The second-order valence-electron chi connectivity index (χ2n) is 4.87. The van der Waals surface area contributed by atoms with Crippen LogP contribution in [0, 0.1) is 0 Å². The molecule has 1 N–H and O–H groups in total. The van der Waals surface area contributed by atoms with Gasteiger partial charge in [-0.3, -0.25) is 4.79 Å². The van der Waals surface area contributed by atoms with Crippen molar-refractivity contribution in [1.82, 2.24) is 4.98 Å². The molecule has 1 aromatic carbocycles. The number of benzene rings is 1. The number of hydrogen-bond acceptors (Lipinski definition) is 4. The largest absolute Gasteiger partial charge is 0.326 e. The number of carbonyl (C=O) groups excluding carboxylic acids is 2. The van der Waals surface area contributed by atoms with Gasteiger partial charge >= 0.3 is 0 Å². The maximum Gasteiger partial charge on any atom is 0.224 e. The van der Waals surface area contributed by atoms with Gasteiger partial charge in [-0.2, -0.15) is 0 Å². The summed E-state index contributed by atoms with van der Waals surface area (Å²) in [6.07, 6.45) is 4.28. The number of carbonyl (C=O) groups is 2. The van der Waals surface area contributed by atoms with Crippen molar-refractivity contribution < 1.29 is 9.59 Å². The predicted molar refractivity (Wildman–Crippen MR) is 85.3 cm³/mol. The normalized spacial score (nSPS) is 10.3. The van der Waals surface area contributed by atoms with Crippen molar-refractivity contribution in [3.8, 4) is 10.6 Å². The molecule has 0 fully saturated rings. The molecule has 0 saturated heterocycles. The fourth-order valence-electron chi connectivity index (χ4n) is 1.95. The number of thiazole rings is 1. The molecule has 110 valence electrons. The number of nitrogens with zero attached hydrogens (tertiary/aromatic N) is 1. The molecule has 0 saturated carbocycles. The van der Waals surface area contributed by atoms with Crippen LogP contribution in [0.2, 0.25) is 0 Å². The van der Waals surface area contributed by atoms with E-state index < -0.39 is 0 Å². The number of unbranched alkanes of at least 4 members (excludes halogenated alkanes) is 1. The van der Waals surface area contributed by atoms with Crippen molar-refractivity contribution in [2.75, 3.05) is 5.32 Å². The third-order valence-electron chi connectivity index (χ3n) is 3.03. The highest BCUT2D eigenvalue weighted by atomic mass is 32.1. The van der Waals surface area contributed by atoms with Crippen molar-refractivity contribution in [2.24, 2.45) is 0 Å². The molecule has 5 heteroatoms. The zero-order chi connectivity index (χ0) is 15.1. The lowest BCUT2D eigenvalue weighted by Crippen LogP contribution is -2.11. The minimum Gasteiger partial charge on any atom is -0.326 e. The molecule has 1 aromatic heterocycles. The zero-order valence-corrected chi connectivity index (χ0v) is 12.8. The SMILES string of the molecule is CC(=O)CCCCC(=O)Nc1ccc(-c2nccs2)cc1. The molecule has 2 rings (SSSR count). The first-order valence-corrected chi connectivity index (χ1v) is 7.82. The number of Topliss-reactive ketones (excluding diaryl/α,β-unsaturated/α-hetero) is 1. The number of anilines is 1. The molecule has 21 heavy (non-hydrogen) atoms. The first-order chi connectivity index (χ1) is 10.1. The van der Waals surface area contributed by atoms with Crippen LogP contribution in [0.5, 0.6) is 0 Å². The molecule has 4 nitrogen and oxygen atoms in total. The molecule has 0 spiro atoms. The van der Waals surface area contributed by atoms with Gasteiger partial charge in [-0.25, -0.2) is 4.98 Å². The summed E-state index contributed by atoms with van der Waals surface area (Å²) in [5.74, 6) is 0.161. The van der Waals surface area contributed by atoms with Crippen LogP contribution < -0.4 is 5.32 Å². The van der Waals surface area contributed by atoms with Crippen LogP contribution in [-0.2, 0) is 9.59 Å². The monoisotopic (exact) mass is 302 g/mol. The van der Waals surface area contributed by atoms with Crippen LogP contribution in [0.1, 0.15) is 32.6 Å². The Kier molecular flexibility index (Phi) is 5.63. The van der Waals surface area contributed by atoms with Gasteiger partial charge in [0.1, 0.15) is 10.8 Å². The first kappa shape index (κ1) is 15.4. The number of hydrogen-bond donors (Lipinski definition) is 1. The molecule has 0 aliphatic rings. The van der Waals surface area contributed by atoms with Gasteiger partial charge in [0, 0.05) is 35.7 Å². The minimum atomic E-state index is -0.0134. The highest BCUT2D eigenvalue weighted by Gasteiger charge is 2.04. The van der Waals surface area contributed by atoms with Crippen LogP contribution in [0.3, 0.4) is 0 Å². The van der Waals surface area contributed by atoms with Crippen LogP contribution in [-0.4, -0.2) is 16.7 Å². The van der Waals surface area contributed by atoms with E-state index in [1.165, 1.54) is 0 Å². The lowest BCUT2D eigenvalue weighted by atomic mass is 10.1. The Hall–Kier alpha value is -2.01. The summed E-state index contributed by atoms with van der Waals surface area (Å²) in [6.45, 7) is 1.57. The van der Waals surface area contributed by atoms with Crippen molar-refractivity contribution >= 4 is 28.7 Å². The van der Waals surface area contributed by atoms with E-state index in [9.17, 15) is 9.59 Å². The number of amides is 1. The summed E-state index contributed by atoms with van der Waals surface area (Å²) < 4.78 is 0. The highest BCUT2D eigenvalue weighted by Crippen LogP contribution is 2.23. The fraction of sp³-hybridized carbons (Fsp3) is 0.312. The Labute approximate surface area is 128 Å². The summed E-state index contributed by atoms with van der Waals surface area (Å²) in [7, 11) is 0. The Morgan fingerprint density at radius 3 is 2.48 bits per heavy atom. The van der Waals surface area contributed by atoms with Crippen molar-refractivity contribution in [1.29, 1.82) is 0 Å². The second-order valence-corrected chi connectivity index (χ2v) is 5.77. The minimum absolute atomic E-state index is 0.0134. The highest BCUT2D eigenvalue weighted by molar-refractivity contribution is 7.13. The lowest BCUT2D eigenvalue weighted by Gasteiger charge is -2.05. The molecule has 0 unspecified atom stereocenters. The van der Waals surface area contributed by atoms with Gasteiger partial charge in [0.15, 0.2) is 0 Å². The number of aromatic nitrogens is 1. The summed E-state index contributed by atoms with van der Waals surface area (Å²) >= 11 is 1.59. The Bertz CT molecular complexity index is 591. The molecule has 0 aliphatic carbocycles. The van der Waals surface area contributed by atoms with Crippen LogP contribution in [0.15, 0.2) is 35.8 Å². The maximum atomic E-state index is 11.8. The summed E-state index contributed by atoms with van der Waals surface area (Å²) in [4.78, 5) is 26.8. The van der Waals surface area contributed by atoms with E-state index in [2.05, 4.69) is 10.3 Å². The van der Waals surface area contributed by atoms with Gasteiger partial charge in [-0.05, 0) is 44.0 Å². The van der Waals surface area contributed by atoms with E-state index in [0.717, 1.165) is 29.1 Å². The van der Waals surface area contributed by atoms with Gasteiger partial charge < -0.3 is 10.1 Å². The number of nitrogens with one attached hydrogen (secondary N) is 1. The Morgan fingerprint density at radius 1 is 1.14 bits per heavy atom. The van der Waals surface area contributed by atoms with Crippen molar-refractivity contribution in [3.05, 3.63) is 35.8 Å². The van der Waals surface area contributed by atoms with Gasteiger partial charge in [-0.1, -0.05) is 0 Å².